The molecule has 4 rings (SSSR count). The summed E-state index contributed by atoms with van der Waals surface area (Å²) in [7, 11) is 0. The van der Waals surface area contributed by atoms with Crippen molar-refractivity contribution < 1.29 is 30.0 Å². The highest BCUT2D eigenvalue weighted by molar-refractivity contribution is 6.49. The molecule has 0 bridgehead atoms. The van der Waals surface area contributed by atoms with Gasteiger partial charge in [0.05, 0.1) is 0 Å². The van der Waals surface area contributed by atoms with E-state index in [0.29, 0.717) is 16.7 Å². The molecule has 1 aliphatic carbocycles. The van der Waals surface area contributed by atoms with Crippen LogP contribution in [0.3, 0.4) is 0 Å². The van der Waals surface area contributed by atoms with Gasteiger partial charge in [-0.2, -0.15) is 0 Å². The topological polar surface area (TPSA) is 115 Å². The quantitative estimate of drug-likeness (QED) is 0.461. The molecule has 3 aromatic rings. The van der Waals surface area contributed by atoms with E-state index in [1.165, 1.54) is 30.3 Å². The Morgan fingerprint density at radius 1 is 0.677 bits per heavy atom. The Labute approximate surface area is 179 Å². The summed E-state index contributed by atoms with van der Waals surface area (Å²) in [4.78, 5) is 22.1. The molecule has 0 radical (unpaired) electrons. The number of Topliss-reactive ketones (excluding diaryl/α,β-unsaturated/α-hetero) is 1. The summed E-state index contributed by atoms with van der Waals surface area (Å²) in [5.41, 5.74) is 1.81. The monoisotopic (exact) mass is 418 g/mol. The van der Waals surface area contributed by atoms with Crippen LogP contribution in [0.1, 0.15) is 40.9 Å². The molecule has 1 aliphatic rings. The normalized spacial score (nSPS) is 12.7. The van der Waals surface area contributed by atoms with E-state index in [4.69, 9.17) is 0 Å². The summed E-state index contributed by atoms with van der Waals surface area (Å²) in [6.07, 6.45) is 2.98. The van der Waals surface area contributed by atoms with Crippen LogP contribution in [0.25, 0.3) is 6.08 Å². The zero-order valence-corrected chi connectivity index (χ0v) is 17.0. The highest BCUT2D eigenvalue weighted by atomic mass is 16.3. The van der Waals surface area contributed by atoms with Crippen molar-refractivity contribution in [1.29, 1.82) is 0 Å². The molecule has 0 aromatic heterocycles. The minimum Gasteiger partial charge on any atom is -0.508 e. The number of rotatable bonds is 2. The Morgan fingerprint density at radius 3 is 1.71 bits per heavy atom. The number of fused-ring (bicyclic) bond motifs is 1. The van der Waals surface area contributed by atoms with Gasteiger partial charge in [0.25, 0.3) is 0 Å². The SMILES string of the molecule is CC(C)(c1ccc(O)cc1O)c1ccc(O)cc1O.O=C1C=Cc2ccccc2C1=O. The predicted molar refractivity (Wildman–Crippen MR) is 116 cm³/mol. The number of carbonyl (C=O) groups excluding carboxylic acids is 2. The van der Waals surface area contributed by atoms with Crippen LogP contribution in [0.15, 0.2) is 66.7 Å². The first-order valence-electron chi connectivity index (χ1n) is 9.52. The van der Waals surface area contributed by atoms with Crippen molar-refractivity contribution in [2.45, 2.75) is 19.3 Å². The third-order valence-electron chi connectivity index (χ3n) is 5.15. The first kappa shape index (κ1) is 21.6. The largest absolute Gasteiger partial charge is 0.508 e. The summed E-state index contributed by atoms with van der Waals surface area (Å²) < 4.78 is 0. The highest BCUT2D eigenvalue weighted by Crippen LogP contribution is 2.42. The molecule has 158 valence electrons. The number of benzene rings is 3. The second-order valence-corrected chi connectivity index (χ2v) is 7.64. The lowest BCUT2D eigenvalue weighted by atomic mass is 9.77. The van der Waals surface area contributed by atoms with Crippen molar-refractivity contribution in [2.24, 2.45) is 0 Å². The number of carbonyl (C=O) groups is 2. The minimum absolute atomic E-state index is 0.0213. The van der Waals surface area contributed by atoms with Crippen LogP contribution >= 0.6 is 0 Å². The third-order valence-corrected chi connectivity index (χ3v) is 5.15. The molecule has 0 fully saturated rings. The molecule has 0 unspecified atom stereocenters. The third kappa shape index (κ3) is 4.43. The molecule has 0 atom stereocenters. The van der Waals surface area contributed by atoms with Crippen LogP contribution in [-0.2, 0) is 10.2 Å². The average molecular weight is 418 g/mol. The van der Waals surface area contributed by atoms with Crippen molar-refractivity contribution in [2.75, 3.05) is 0 Å². The van der Waals surface area contributed by atoms with Crippen LogP contribution in [0.4, 0.5) is 0 Å². The van der Waals surface area contributed by atoms with E-state index < -0.39 is 17.0 Å². The zero-order chi connectivity index (χ0) is 22.8. The molecule has 0 saturated heterocycles. The van der Waals surface area contributed by atoms with Gasteiger partial charge < -0.3 is 20.4 Å². The molecular formula is C25H22O6. The van der Waals surface area contributed by atoms with Crippen molar-refractivity contribution in [3.05, 3.63) is 89.0 Å². The number of aromatic hydroxyl groups is 4. The highest BCUT2D eigenvalue weighted by Gasteiger charge is 2.29. The predicted octanol–water partition coefficient (Wildman–Crippen LogP) is 4.30. The van der Waals surface area contributed by atoms with Crippen molar-refractivity contribution in [3.63, 3.8) is 0 Å². The van der Waals surface area contributed by atoms with Crippen LogP contribution in [0.5, 0.6) is 23.0 Å². The molecular weight excluding hydrogens is 396 g/mol. The number of allylic oxidation sites excluding steroid dienone is 1. The number of hydrogen-bond donors (Lipinski definition) is 4. The summed E-state index contributed by atoms with van der Waals surface area (Å²) in [6, 6.07) is 15.8. The van der Waals surface area contributed by atoms with Gasteiger partial charge in [0.1, 0.15) is 23.0 Å². The van der Waals surface area contributed by atoms with Gasteiger partial charge in [-0.25, -0.2) is 0 Å². The maximum atomic E-state index is 11.2. The molecule has 6 nitrogen and oxygen atoms in total. The molecule has 0 spiro atoms. The Balaban J connectivity index is 0.000000194. The molecule has 0 aliphatic heterocycles. The van der Waals surface area contributed by atoms with Gasteiger partial charge in [-0.15, -0.1) is 0 Å². The van der Waals surface area contributed by atoms with Gasteiger partial charge in [-0.3, -0.25) is 9.59 Å². The van der Waals surface area contributed by atoms with E-state index in [-0.39, 0.29) is 23.0 Å². The summed E-state index contributed by atoms with van der Waals surface area (Å²) in [5, 5.41) is 38.5. The Hall–Kier alpha value is -4.06. The lowest BCUT2D eigenvalue weighted by Crippen LogP contribution is -2.19. The molecule has 3 aromatic carbocycles. The first-order valence-corrected chi connectivity index (χ1v) is 9.52. The fraction of sp³-hybridized carbons (Fsp3) is 0.120. The van der Waals surface area contributed by atoms with Crippen molar-refractivity contribution in [3.8, 4) is 23.0 Å². The van der Waals surface area contributed by atoms with Crippen LogP contribution in [0, 0.1) is 0 Å². The van der Waals surface area contributed by atoms with E-state index >= 15 is 0 Å². The second-order valence-electron chi connectivity index (χ2n) is 7.64. The maximum absolute atomic E-state index is 11.2. The van der Waals surface area contributed by atoms with Crippen LogP contribution < -0.4 is 0 Å². The molecule has 31 heavy (non-hydrogen) atoms. The summed E-state index contributed by atoms with van der Waals surface area (Å²) in [5.74, 6) is -0.976. The number of ketones is 2. The zero-order valence-electron chi connectivity index (χ0n) is 17.0. The molecule has 0 heterocycles. The van der Waals surface area contributed by atoms with E-state index in [2.05, 4.69) is 0 Å². The lowest BCUT2D eigenvalue weighted by molar-refractivity contribution is -0.110. The minimum atomic E-state index is -0.671. The maximum Gasteiger partial charge on any atom is 0.233 e. The molecule has 0 saturated carbocycles. The fourth-order valence-electron chi connectivity index (χ4n) is 3.47. The number of hydrogen-bond acceptors (Lipinski definition) is 6. The van der Waals surface area contributed by atoms with Gasteiger partial charge in [-0.1, -0.05) is 56.3 Å². The fourth-order valence-corrected chi connectivity index (χ4v) is 3.47. The smallest absolute Gasteiger partial charge is 0.233 e. The van der Waals surface area contributed by atoms with Crippen LogP contribution in [-0.4, -0.2) is 32.0 Å². The summed E-state index contributed by atoms with van der Waals surface area (Å²) in [6.45, 7) is 3.68. The van der Waals surface area contributed by atoms with Crippen molar-refractivity contribution in [1.82, 2.24) is 0 Å². The van der Waals surface area contributed by atoms with Gasteiger partial charge in [-0.05, 0) is 23.8 Å². The van der Waals surface area contributed by atoms with Crippen molar-refractivity contribution >= 4 is 17.6 Å². The Morgan fingerprint density at radius 2 is 1.19 bits per heavy atom. The standard InChI is InChI=1S/C15H16O4.C10H6O2/c1-15(2,11-5-3-9(16)7-13(11)18)12-6-4-10(17)8-14(12)19;11-9-6-5-7-3-1-2-4-8(7)10(9)12/h3-8,16-19H,1-2H3;1-6H. The van der Waals surface area contributed by atoms with Gasteiger partial charge in [0.15, 0.2) is 0 Å². The molecule has 6 heteroatoms. The Bertz CT molecular complexity index is 1140. The van der Waals surface area contributed by atoms with Crippen LogP contribution in [0.2, 0.25) is 0 Å². The number of phenols is 4. The molecule has 4 N–H and O–H groups in total. The van der Waals surface area contributed by atoms with Gasteiger partial charge >= 0.3 is 0 Å². The van der Waals surface area contributed by atoms with Gasteiger partial charge in [0.2, 0.25) is 11.6 Å². The summed E-state index contributed by atoms with van der Waals surface area (Å²) >= 11 is 0. The lowest BCUT2D eigenvalue weighted by Gasteiger charge is -2.27. The first-order chi connectivity index (χ1) is 14.6. The van der Waals surface area contributed by atoms with E-state index in [0.717, 1.165) is 5.56 Å². The Kier molecular flexibility index (Phi) is 5.83. The second kappa shape index (κ2) is 8.36. The van der Waals surface area contributed by atoms with E-state index in [9.17, 15) is 30.0 Å². The average Bonchev–Trinajstić information content (AvgIpc) is 2.71. The molecule has 0 amide bonds. The number of phenolic OH excluding ortho intramolecular Hbond substituents is 4. The van der Waals surface area contributed by atoms with E-state index in [1.54, 1.807) is 30.3 Å². The van der Waals surface area contributed by atoms with Gasteiger partial charge in [0, 0.05) is 34.2 Å². The van der Waals surface area contributed by atoms with E-state index in [1.807, 2.05) is 26.0 Å².